The molecule has 69 heavy (non-hydrogen) atoms. The molecule has 2 aliphatic heterocycles. The average molecular weight is 1010 g/mol. The smallest absolute Gasteiger partial charge is 0.410 e. The molecule has 20 nitrogen and oxygen atoms in total. The number of carbonyl (C=O) groups is 3. The summed E-state index contributed by atoms with van der Waals surface area (Å²) in [5.74, 6) is 1.53. The second-order valence-electron chi connectivity index (χ2n) is 16.8. The number of nitrogens with zero attached hydrogens (tertiary/aromatic N) is 5. The molecule has 3 aromatic rings. The van der Waals surface area contributed by atoms with Gasteiger partial charge in [0.1, 0.15) is 18.1 Å². The molecule has 378 valence electrons. The van der Waals surface area contributed by atoms with Gasteiger partial charge >= 0.3 is 12.2 Å². The summed E-state index contributed by atoms with van der Waals surface area (Å²) in [5, 5.41) is 35.3. The Morgan fingerprint density at radius 1 is 0.725 bits per heavy atom. The van der Waals surface area contributed by atoms with Crippen LogP contribution in [-0.2, 0) is 35.2 Å². The monoisotopic (exact) mass is 1010 g/mol. The molecule has 1 saturated heterocycles. The van der Waals surface area contributed by atoms with Gasteiger partial charge in [-0.3, -0.25) is 35.4 Å². The van der Waals surface area contributed by atoms with Crippen LogP contribution in [-0.4, -0.2) is 156 Å². The maximum atomic E-state index is 15.4. The van der Waals surface area contributed by atoms with E-state index in [1.165, 1.54) is 4.90 Å². The van der Waals surface area contributed by atoms with Crippen molar-refractivity contribution in [3.05, 3.63) is 92.5 Å². The summed E-state index contributed by atoms with van der Waals surface area (Å²) >= 11 is 12.7. The summed E-state index contributed by atoms with van der Waals surface area (Å²) in [6.07, 6.45) is 2.52. The lowest BCUT2D eigenvalue weighted by Gasteiger charge is -2.50. The van der Waals surface area contributed by atoms with Crippen molar-refractivity contribution in [1.29, 1.82) is 0 Å². The van der Waals surface area contributed by atoms with Crippen molar-refractivity contribution in [3.63, 3.8) is 0 Å². The Balaban J connectivity index is 1.24. The number of carbonyl (C=O) groups excluding carboxylic acids is 3. The van der Waals surface area contributed by atoms with Crippen molar-refractivity contribution >= 4 is 46.9 Å². The molecule has 0 radical (unpaired) electrons. The molecule has 2 unspecified atom stereocenters. The van der Waals surface area contributed by atoms with E-state index in [0.29, 0.717) is 72.6 Å². The number of ether oxygens (including phenoxy) is 6. The minimum Gasteiger partial charge on any atom is -0.496 e. The second kappa shape index (κ2) is 26.3. The third-order valence-corrected chi connectivity index (χ3v) is 12.2. The highest BCUT2D eigenvalue weighted by molar-refractivity contribution is 6.37. The molecule has 1 aliphatic carbocycles. The molecule has 4 N–H and O–H groups in total. The van der Waals surface area contributed by atoms with E-state index in [1.54, 1.807) is 24.1 Å². The summed E-state index contributed by atoms with van der Waals surface area (Å²) in [6, 6.07) is 15.3. The highest BCUT2D eigenvalue weighted by Gasteiger charge is 2.50. The van der Waals surface area contributed by atoms with Crippen LogP contribution in [0.4, 0.5) is 9.59 Å². The fourth-order valence-corrected chi connectivity index (χ4v) is 9.02. The zero-order valence-electron chi connectivity index (χ0n) is 38.9. The number of rotatable bonds is 26. The van der Waals surface area contributed by atoms with Crippen molar-refractivity contribution < 1.29 is 73.3 Å². The maximum Gasteiger partial charge on any atom is 0.410 e. The van der Waals surface area contributed by atoms with E-state index in [1.807, 2.05) is 61.2 Å². The fraction of sp³-hybridized carbons (Fsp3) is 0.511. The Hall–Kier alpha value is -4.97. The van der Waals surface area contributed by atoms with Gasteiger partial charge in [0.15, 0.2) is 5.75 Å². The van der Waals surface area contributed by atoms with E-state index in [4.69, 9.17) is 72.5 Å². The van der Waals surface area contributed by atoms with E-state index < -0.39 is 29.7 Å². The van der Waals surface area contributed by atoms with Gasteiger partial charge in [0, 0.05) is 31.2 Å². The van der Waals surface area contributed by atoms with E-state index in [-0.39, 0.29) is 76.5 Å². The zero-order valence-corrected chi connectivity index (χ0v) is 40.4. The van der Waals surface area contributed by atoms with Gasteiger partial charge in [-0.15, -0.1) is 0 Å². The molecule has 2 fully saturated rings. The second-order valence-corrected chi connectivity index (χ2v) is 17.6. The Morgan fingerprint density at radius 3 is 2.03 bits per heavy atom. The number of benzene rings is 3. The fourth-order valence-electron chi connectivity index (χ4n) is 8.31. The summed E-state index contributed by atoms with van der Waals surface area (Å²) in [7, 11) is 1.61. The van der Waals surface area contributed by atoms with Crippen molar-refractivity contribution in [2.75, 3.05) is 73.1 Å². The number of hydrogen-bond donors (Lipinski definition) is 4. The van der Waals surface area contributed by atoms with Crippen molar-refractivity contribution in [2.24, 2.45) is 0 Å². The standard InChI is InChI=1S/C47H61Cl2N5O15/c1-31-24-39(48)44(40(49)25-31)65-17-5-4-16-64-37-13-9-34(10-14-37)38-27-36-29-50(46(56)67-22-20-63-21-23-69-54(60)61)30-41(52(36)47(57)66-18-6-7-19-68-53(58)59)43(38)45(55)51(35-11-12-35)28-33-8-15-42(62-3)32(2)26-33/h8-10,13-15,24-26,35-36,41,58-61H,4-7,11-12,16-23,27-30H2,1-3H3. The molecule has 3 aliphatic rings. The van der Waals surface area contributed by atoms with Crippen LogP contribution in [0.5, 0.6) is 17.2 Å². The predicted octanol–water partition coefficient (Wildman–Crippen LogP) is 7.65. The van der Waals surface area contributed by atoms with Gasteiger partial charge in [0.2, 0.25) is 0 Å². The van der Waals surface area contributed by atoms with E-state index in [2.05, 4.69) is 9.68 Å². The topological polar surface area (TPSA) is 222 Å². The maximum absolute atomic E-state index is 15.4. The number of fused-ring (bicyclic) bond motifs is 2. The molecule has 0 spiro atoms. The van der Waals surface area contributed by atoms with Crippen LogP contribution in [0.25, 0.3) is 5.57 Å². The normalized spacial score (nSPS) is 16.8. The van der Waals surface area contributed by atoms with Crippen LogP contribution in [0.15, 0.2) is 60.2 Å². The van der Waals surface area contributed by atoms with Gasteiger partial charge in [-0.25, -0.2) is 14.4 Å². The lowest BCUT2D eigenvalue weighted by atomic mass is 9.81. The summed E-state index contributed by atoms with van der Waals surface area (Å²) in [5.41, 5.74) is 4.60. The lowest BCUT2D eigenvalue weighted by Crippen LogP contribution is -2.65. The molecule has 3 aromatic carbocycles. The van der Waals surface area contributed by atoms with Crippen LogP contribution in [0.3, 0.4) is 0 Å². The minimum absolute atomic E-state index is 0.00739. The molecular weight excluding hydrogens is 945 g/mol. The number of aryl methyl sites for hydroxylation is 2. The van der Waals surface area contributed by atoms with Gasteiger partial charge in [0.05, 0.1) is 86.3 Å². The van der Waals surface area contributed by atoms with Gasteiger partial charge in [-0.2, -0.15) is 0 Å². The molecule has 6 rings (SSSR count). The largest absolute Gasteiger partial charge is 0.496 e. The van der Waals surface area contributed by atoms with Gasteiger partial charge < -0.3 is 38.2 Å². The lowest BCUT2D eigenvalue weighted by molar-refractivity contribution is -0.493. The molecule has 2 atom stereocenters. The quantitative estimate of drug-likeness (QED) is 0.0448. The molecule has 1 saturated carbocycles. The first-order valence-corrected chi connectivity index (χ1v) is 23.5. The van der Waals surface area contributed by atoms with E-state index in [0.717, 1.165) is 46.4 Å². The number of hydrogen-bond acceptors (Lipinski definition) is 17. The molecular formula is C47H61Cl2N5O15. The highest BCUT2D eigenvalue weighted by Crippen LogP contribution is 2.42. The van der Waals surface area contributed by atoms with Crippen LogP contribution in [0, 0.1) is 13.8 Å². The molecule has 2 heterocycles. The zero-order chi connectivity index (χ0) is 49.5. The van der Waals surface area contributed by atoms with Crippen molar-refractivity contribution in [1.82, 2.24) is 25.5 Å². The molecule has 3 amide bonds. The van der Waals surface area contributed by atoms with Crippen LogP contribution < -0.4 is 14.2 Å². The first-order chi connectivity index (χ1) is 33.2. The molecule has 2 bridgehead atoms. The first kappa shape index (κ1) is 53.4. The number of piperazine rings is 1. The van der Waals surface area contributed by atoms with Crippen LogP contribution >= 0.6 is 23.2 Å². The van der Waals surface area contributed by atoms with Crippen LogP contribution in [0.2, 0.25) is 10.0 Å². The highest BCUT2D eigenvalue weighted by atomic mass is 35.5. The Labute approximate surface area is 410 Å². The van der Waals surface area contributed by atoms with E-state index in [9.17, 15) is 9.59 Å². The first-order valence-electron chi connectivity index (χ1n) is 22.8. The Bertz CT molecular complexity index is 2190. The average Bonchev–Trinajstić information content (AvgIpc) is 4.16. The van der Waals surface area contributed by atoms with Crippen molar-refractivity contribution in [3.8, 4) is 17.2 Å². The van der Waals surface area contributed by atoms with Crippen molar-refractivity contribution in [2.45, 2.75) is 83.5 Å². The molecule has 0 aromatic heterocycles. The Morgan fingerprint density at radius 2 is 1.36 bits per heavy atom. The SMILES string of the molecule is COc1ccc(CN(C(=O)C2=C(c3ccc(OCCCCOc4c(Cl)cc(C)cc4Cl)cc3)CC3CN(C(=O)OCCOCCON(O)O)CC2N3C(=O)OCCCCON(O)O)C2CC2)cc1C. The van der Waals surface area contributed by atoms with E-state index >= 15 is 4.79 Å². The number of unbranched alkanes of at least 4 members (excludes halogenated alkanes) is 2. The van der Waals surface area contributed by atoms with Gasteiger partial charge in [-0.05, 0) is 117 Å². The summed E-state index contributed by atoms with van der Waals surface area (Å²) < 4.78 is 34.2. The third kappa shape index (κ3) is 15.5. The summed E-state index contributed by atoms with van der Waals surface area (Å²) in [6.45, 7) is 4.58. The summed E-state index contributed by atoms with van der Waals surface area (Å²) in [4.78, 5) is 57.3. The third-order valence-electron chi connectivity index (χ3n) is 11.7. The number of amides is 3. The number of halogens is 2. The minimum atomic E-state index is -0.948. The molecule has 22 heteroatoms. The van der Waals surface area contributed by atoms with Crippen LogP contribution in [0.1, 0.15) is 67.2 Å². The van der Waals surface area contributed by atoms with Gasteiger partial charge in [0.25, 0.3) is 5.91 Å². The van der Waals surface area contributed by atoms with Gasteiger partial charge in [-0.1, -0.05) is 47.5 Å². The Kier molecular flexibility index (Phi) is 20.3. The predicted molar refractivity (Wildman–Crippen MR) is 247 cm³/mol. The number of methoxy groups -OCH3 is 1.